The first-order chi connectivity index (χ1) is 9.10. The van der Waals surface area contributed by atoms with E-state index in [-0.39, 0.29) is 0 Å². The summed E-state index contributed by atoms with van der Waals surface area (Å²) in [5.41, 5.74) is 0.671. The quantitative estimate of drug-likeness (QED) is 0.590. The molecule has 0 atom stereocenters. The molecule has 0 radical (unpaired) electrons. The summed E-state index contributed by atoms with van der Waals surface area (Å²) >= 11 is 4.51. The highest BCUT2D eigenvalue weighted by Gasteiger charge is 2.29. The standard InChI is InChI=1S/C12H16O4S3/c1-5-17-11-7(9(13)15-3)8(10(14)16-4)12(19-11)18-6-2/h5-6H2,1-4H3. The molecule has 0 bridgehead atoms. The highest BCUT2D eigenvalue weighted by Crippen LogP contribution is 2.42. The van der Waals surface area contributed by atoms with Crippen LogP contribution in [0.15, 0.2) is 8.42 Å². The van der Waals surface area contributed by atoms with Gasteiger partial charge in [0.15, 0.2) is 0 Å². The molecule has 1 heterocycles. The summed E-state index contributed by atoms with van der Waals surface area (Å²) in [6.07, 6.45) is 0. The van der Waals surface area contributed by atoms with Crippen molar-refractivity contribution < 1.29 is 19.1 Å². The number of thiophene rings is 1. The van der Waals surface area contributed by atoms with Crippen LogP contribution >= 0.6 is 34.9 Å². The lowest BCUT2D eigenvalue weighted by Crippen LogP contribution is -2.11. The second-order valence-electron chi connectivity index (χ2n) is 3.28. The number of ether oxygens (including phenoxy) is 2. The van der Waals surface area contributed by atoms with Crippen molar-refractivity contribution in [2.45, 2.75) is 22.3 Å². The zero-order valence-electron chi connectivity index (χ0n) is 11.3. The first-order valence-corrected chi connectivity index (χ1v) is 8.48. The first-order valence-electron chi connectivity index (χ1n) is 5.69. The van der Waals surface area contributed by atoms with Gasteiger partial charge in [-0.2, -0.15) is 0 Å². The van der Waals surface area contributed by atoms with Crippen LogP contribution in [0.2, 0.25) is 0 Å². The second-order valence-corrected chi connectivity index (χ2v) is 7.36. The average Bonchev–Trinajstić information content (AvgIpc) is 2.76. The fourth-order valence-electron chi connectivity index (χ4n) is 1.43. The molecule has 1 aromatic rings. The average molecular weight is 320 g/mol. The van der Waals surface area contributed by atoms with E-state index in [0.29, 0.717) is 11.1 Å². The smallest absolute Gasteiger partial charge is 0.340 e. The zero-order chi connectivity index (χ0) is 14.4. The molecule has 0 aliphatic heterocycles. The van der Waals surface area contributed by atoms with Crippen LogP contribution in [0, 0.1) is 0 Å². The normalized spacial score (nSPS) is 10.3. The molecule has 0 saturated heterocycles. The second kappa shape index (κ2) is 7.81. The van der Waals surface area contributed by atoms with Gasteiger partial charge in [-0.3, -0.25) is 0 Å². The molecule has 7 heteroatoms. The Bertz CT molecular complexity index is 427. The van der Waals surface area contributed by atoms with Gasteiger partial charge in [0.2, 0.25) is 0 Å². The lowest BCUT2D eigenvalue weighted by molar-refractivity contribution is 0.0551. The third-order valence-electron chi connectivity index (χ3n) is 2.17. The lowest BCUT2D eigenvalue weighted by Gasteiger charge is -2.04. The number of carbonyl (C=O) groups is 2. The predicted molar refractivity (Wildman–Crippen MR) is 79.8 cm³/mol. The number of methoxy groups -OCH3 is 2. The van der Waals surface area contributed by atoms with Crippen molar-refractivity contribution in [2.75, 3.05) is 25.7 Å². The molecule has 0 amide bonds. The number of esters is 2. The van der Waals surface area contributed by atoms with Crippen LogP contribution in [0.3, 0.4) is 0 Å². The summed E-state index contributed by atoms with van der Waals surface area (Å²) in [5.74, 6) is 0.661. The number of thioether (sulfide) groups is 2. The Morgan fingerprint density at radius 2 is 1.32 bits per heavy atom. The number of hydrogen-bond donors (Lipinski definition) is 0. The van der Waals surface area contributed by atoms with Crippen molar-refractivity contribution in [2.24, 2.45) is 0 Å². The zero-order valence-corrected chi connectivity index (χ0v) is 13.7. The Morgan fingerprint density at radius 1 is 0.947 bits per heavy atom. The van der Waals surface area contributed by atoms with Crippen LogP contribution in [0.4, 0.5) is 0 Å². The van der Waals surface area contributed by atoms with E-state index in [1.165, 1.54) is 49.1 Å². The monoisotopic (exact) mass is 320 g/mol. The summed E-state index contributed by atoms with van der Waals surface area (Å²) < 4.78 is 11.2. The molecule has 0 spiro atoms. The molecule has 0 aliphatic carbocycles. The first kappa shape index (κ1) is 16.4. The molecule has 0 unspecified atom stereocenters. The van der Waals surface area contributed by atoms with Crippen molar-refractivity contribution >= 4 is 46.8 Å². The van der Waals surface area contributed by atoms with E-state index >= 15 is 0 Å². The molecule has 0 aromatic carbocycles. The number of carbonyl (C=O) groups excluding carboxylic acids is 2. The van der Waals surface area contributed by atoms with Gasteiger partial charge in [0.1, 0.15) is 0 Å². The molecule has 1 aromatic heterocycles. The van der Waals surface area contributed by atoms with Crippen LogP contribution in [-0.4, -0.2) is 37.7 Å². The molecule has 0 N–H and O–H groups in total. The highest BCUT2D eigenvalue weighted by atomic mass is 32.2. The van der Waals surface area contributed by atoms with Crippen LogP contribution in [0.1, 0.15) is 34.6 Å². The van der Waals surface area contributed by atoms with Crippen LogP contribution in [0.5, 0.6) is 0 Å². The van der Waals surface area contributed by atoms with Gasteiger partial charge in [0.25, 0.3) is 0 Å². The summed E-state index contributed by atoms with van der Waals surface area (Å²) in [6, 6.07) is 0. The summed E-state index contributed by atoms with van der Waals surface area (Å²) in [4.78, 5) is 23.8. The van der Waals surface area contributed by atoms with Gasteiger partial charge in [-0.1, -0.05) is 13.8 Å². The highest BCUT2D eigenvalue weighted by molar-refractivity contribution is 8.03. The maximum atomic E-state index is 11.9. The van der Waals surface area contributed by atoms with Gasteiger partial charge in [-0.25, -0.2) is 9.59 Å². The SMILES string of the molecule is CCSc1sc(SCC)c(C(=O)OC)c1C(=O)OC. The van der Waals surface area contributed by atoms with E-state index in [1.54, 1.807) is 0 Å². The Balaban J connectivity index is 3.42. The van der Waals surface area contributed by atoms with E-state index in [9.17, 15) is 9.59 Å². The minimum atomic E-state index is -0.490. The third kappa shape index (κ3) is 3.67. The van der Waals surface area contributed by atoms with Crippen molar-refractivity contribution in [3.8, 4) is 0 Å². The van der Waals surface area contributed by atoms with Crippen molar-refractivity contribution in [1.29, 1.82) is 0 Å². The molecule has 0 saturated carbocycles. The van der Waals surface area contributed by atoms with Crippen molar-refractivity contribution in [3.63, 3.8) is 0 Å². The van der Waals surface area contributed by atoms with Crippen LogP contribution in [0.25, 0.3) is 0 Å². The lowest BCUT2D eigenvalue weighted by atomic mass is 10.2. The van der Waals surface area contributed by atoms with Crippen LogP contribution < -0.4 is 0 Å². The van der Waals surface area contributed by atoms with Gasteiger partial charge in [0, 0.05) is 0 Å². The van der Waals surface area contributed by atoms with E-state index in [1.807, 2.05) is 13.8 Å². The molecule has 106 valence electrons. The van der Waals surface area contributed by atoms with Gasteiger partial charge < -0.3 is 9.47 Å². The summed E-state index contributed by atoms with van der Waals surface area (Å²) in [6.45, 7) is 3.99. The largest absolute Gasteiger partial charge is 0.465 e. The number of rotatable bonds is 6. The summed E-state index contributed by atoms with van der Waals surface area (Å²) in [5, 5.41) is 0. The Morgan fingerprint density at radius 3 is 1.58 bits per heavy atom. The van der Waals surface area contributed by atoms with Crippen LogP contribution in [-0.2, 0) is 9.47 Å². The maximum absolute atomic E-state index is 11.9. The topological polar surface area (TPSA) is 52.6 Å². The molecule has 19 heavy (non-hydrogen) atoms. The predicted octanol–water partition coefficient (Wildman–Crippen LogP) is 3.55. The molecule has 4 nitrogen and oxygen atoms in total. The number of hydrogen-bond acceptors (Lipinski definition) is 7. The van der Waals surface area contributed by atoms with Gasteiger partial charge in [0.05, 0.1) is 33.8 Å². The molecular weight excluding hydrogens is 304 g/mol. The molecule has 0 fully saturated rings. The van der Waals surface area contributed by atoms with E-state index in [0.717, 1.165) is 19.9 Å². The van der Waals surface area contributed by atoms with Gasteiger partial charge in [-0.05, 0) is 11.5 Å². The van der Waals surface area contributed by atoms with Crippen molar-refractivity contribution in [3.05, 3.63) is 11.1 Å². The van der Waals surface area contributed by atoms with Gasteiger partial charge >= 0.3 is 11.9 Å². The van der Waals surface area contributed by atoms with E-state index in [2.05, 4.69) is 0 Å². The third-order valence-corrected chi connectivity index (χ3v) is 5.67. The fraction of sp³-hybridized carbons (Fsp3) is 0.500. The minimum absolute atomic E-state index is 0.335. The summed E-state index contributed by atoms with van der Waals surface area (Å²) in [7, 11) is 2.63. The Labute approximate surface area is 125 Å². The molecule has 0 aliphatic rings. The van der Waals surface area contributed by atoms with E-state index < -0.39 is 11.9 Å². The molecule has 1 rings (SSSR count). The van der Waals surface area contributed by atoms with E-state index in [4.69, 9.17) is 9.47 Å². The Kier molecular flexibility index (Phi) is 6.74. The fourth-order valence-corrected chi connectivity index (χ4v) is 5.19. The van der Waals surface area contributed by atoms with Gasteiger partial charge in [-0.15, -0.1) is 34.9 Å². The molecular formula is C12H16O4S3. The maximum Gasteiger partial charge on any atom is 0.340 e. The minimum Gasteiger partial charge on any atom is -0.465 e. The van der Waals surface area contributed by atoms with Crippen molar-refractivity contribution in [1.82, 2.24) is 0 Å². The Hall–Kier alpha value is -0.660.